The largest absolute Gasteiger partial charge is 0.459 e. The summed E-state index contributed by atoms with van der Waals surface area (Å²) < 4.78 is 11.0. The van der Waals surface area contributed by atoms with Gasteiger partial charge in [-0.25, -0.2) is 4.98 Å². The fraction of sp³-hybridized carbons (Fsp3) is 0.500. The molecule has 3 rings (SSSR count). The third-order valence-corrected chi connectivity index (χ3v) is 3.49. The van der Waals surface area contributed by atoms with Crippen molar-refractivity contribution in [1.82, 2.24) is 15.0 Å². The third-order valence-electron chi connectivity index (χ3n) is 3.11. The Labute approximate surface area is 114 Å². The van der Waals surface area contributed by atoms with Crippen molar-refractivity contribution < 1.29 is 14.6 Å². The highest BCUT2D eigenvalue weighted by atomic mass is 35.5. The Bertz CT molecular complexity index is 562. The van der Waals surface area contributed by atoms with Crippen LogP contribution in [0.25, 0.3) is 11.2 Å². The van der Waals surface area contributed by atoms with Crippen molar-refractivity contribution >= 4 is 22.8 Å². The van der Waals surface area contributed by atoms with Gasteiger partial charge < -0.3 is 19.6 Å². The average molecular weight is 284 g/mol. The summed E-state index contributed by atoms with van der Waals surface area (Å²) in [6, 6.07) is 2.18. The number of aryl methyl sites for hydroxylation is 1. The van der Waals surface area contributed by atoms with E-state index in [9.17, 15) is 0 Å². The number of fused-ring (bicyclic) bond motifs is 1. The molecule has 0 radical (unpaired) electrons. The molecule has 1 saturated heterocycles. The number of aromatic amines is 1. The molecule has 1 aliphatic rings. The SMILES string of the molecule is Cc1nc2nc(O[C@@H]3CO[C@H](CO)C3)[nH]c2cc1Cl. The van der Waals surface area contributed by atoms with Crippen LogP contribution in [0.15, 0.2) is 6.07 Å². The van der Waals surface area contributed by atoms with E-state index < -0.39 is 0 Å². The van der Waals surface area contributed by atoms with Gasteiger partial charge in [0.1, 0.15) is 6.10 Å². The highest BCUT2D eigenvalue weighted by Gasteiger charge is 2.27. The minimum Gasteiger partial charge on any atom is -0.459 e. The standard InChI is InChI=1S/C12H14ClN3O3/c1-6-9(13)3-10-11(14-6)16-12(15-10)19-8-2-7(4-17)18-5-8/h3,7-8,17H,2,4-5H2,1H3,(H,14,15,16)/t7-,8-/m0/s1. The van der Waals surface area contributed by atoms with Crippen molar-refractivity contribution in [2.75, 3.05) is 13.2 Å². The molecular formula is C12H14ClN3O3. The molecule has 0 saturated carbocycles. The zero-order chi connectivity index (χ0) is 13.4. The number of aromatic nitrogens is 3. The molecule has 2 aromatic heterocycles. The summed E-state index contributed by atoms with van der Waals surface area (Å²) in [6.45, 7) is 2.29. The van der Waals surface area contributed by atoms with Crippen LogP contribution in [0.5, 0.6) is 6.01 Å². The maximum absolute atomic E-state index is 9.00. The van der Waals surface area contributed by atoms with Crippen LogP contribution in [0.3, 0.4) is 0 Å². The zero-order valence-corrected chi connectivity index (χ0v) is 11.1. The summed E-state index contributed by atoms with van der Waals surface area (Å²) in [4.78, 5) is 11.6. The number of hydrogen-bond donors (Lipinski definition) is 2. The summed E-state index contributed by atoms with van der Waals surface area (Å²) in [5.41, 5.74) is 2.05. The van der Waals surface area contributed by atoms with Gasteiger partial charge in [0.25, 0.3) is 6.01 Å². The van der Waals surface area contributed by atoms with Gasteiger partial charge in [0.05, 0.1) is 35.6 Å². The molecule has 19 heavy (non-hydrogen) atoms. The number of rotatable bonds is 3. The summed E-state index contributed by atoms with van der Waals surface area (Å²) in [7, 11) is 0. The van der Waals surface area contributed by atoms with Crippen molar-refractivity contribution in [2.24, 2.45) is 0 Å². The smallest absolute Gasteiger partial charge is 0.296 e. The molecule has 0 unspecified atom stereocenters. The minimum absolute atomic E-state index is 0.0103. The predicted octanol–water partition coefficient (Wildman–Crippen LogP) is 1.45. The number of aliphatic hydroxyl groups excluding tert-OH is 1. The van der Waals surface area contributed by atoms with Crippen molar-refractivity contribution in [3.8, 4) is 6.01 Å². The van der Waals surface area contributed by atoms with Gasteiger partial charge in [-0.2, -0.15) is 4.98 Å². The number of imidazole rings is 1. The maximum atomic E-state index is 9.00. The van der Waals surface area contributed by atoms with Crippen LogP contribution < -0.4 is 4.74 Å². The zero-order valence-electron chi connectivity index (χ0n) is 10.4. The van der Waals surface area contributed by atoms with E-state index >= 15 is 0 Å². The van der Waals surface area contributed by atoms with E-state index in [0.717, 1.165) is 11.2 Å². The molecule has 0 amide bonds. The molecule has 6 nitrogen and oxygen atoms in total. The second-order valence-corrected chi connectivity index (χ2v) is 4.99. The summed E-state index contributed by atoms with van der Waals surface area (Å²) in [5.74, 6) is 0. The van der Waals surface area contributed by atoms with Crippen molar-refractivity contribution in [3.05, 3.63) is 16.8 Å². The lowest BCUT2D eigenvalue weighted by molar-refractivity contribution is 0.0528. The first-order chi connectivity index (χ1) is 9.15. The topological polar surface area (TPSA) is 80.3 Å². The Balaban J connectivity index is 1.78. The second kappa shape index (κ2) is 4.96. The lowest BCUT2D eigenvalue weighted by atomic mass is 10.2. The number of H-pyrrole nitrogens is 1. The molecule has 3 heterocycles. The highest BCUT2D eigenvalue weighted by Crippen LogP contribution is 2.23. The molecule has 0 bridgehead atoms. The Morgan fingerprint density at radius 3 is 3.16 bits per heavy atom. The molecular weight excluding hydrogens is 270 g/mol. The van der Waals surface area contributed by atoms with Crippen molar-refractivity contribution in [2.45, 2.75) is 25.6 Å². The van der Waals surface area contributed by atoms with Crippen LogP contribution in [0.4, 0.5) is 0 Å². The first-order valence-electron chi connectivity index (χ1n) is 6.07. The van der Waals surface area contributed by atoms with Gasteiger partial charge in [0.15, 0.2) is 5.65 Å². The number of ether oxygens (including phenoxy) is 2. The molecule has 7 heteroatoms. The van der Waals surface area contributed by atoms with Gasteiger partial charge in [-0.3, -0.25) is 0 Å². The first kappa shape index (κ1) is 12.7. The van der Waals surface area contributed by atoms with Crippen molar-refractivity contribution in [3.63, 3.8) is 0 Å². The van der Waals surface area contributed by atoms with Crippen LogP contribution in [0.1, 0.15) is 12.1 Å². The monoisotopic (exact) mass is 283 g/mol. The fourth-order valence-corrected chi connectivity index (χ4v) is 2.23. The Morgan fingerprint density at radius 2 is 2.42 bits per heavy atom. The third kappa shape index (κ3) is 2.51. The van der Waals surface area contributed by atoms with Crippen LogP contribution in [0.2, 0.25) is 5.02 Å². The van der Waals surface area contributed by atoms with Gasteiger partial charge in [-0.15, -0.1) is 0 Å². The molecule has 2 aromatic rings. The van der Waals surface area contributed by atoms with Crippen LogP contribution in [0, 0.1) is 6.92 Å². The van der Waals surface area contributed by atoms with Crippen LogP contribution in [-0.4, -0.2) is 45.5 Å². The number of nitrogens with zero attached hydrogens (tertiary/aromatic N) is 2. The molecule has 2 atom stereocenters. The van der Waals surface area contributed by atoms with E-state index in [1.165, 1.54) is 0 Å². The second-order valence-electron chi connectivity index (χ2n) is 4.58. The van der Waals surface area contributed by atoms with Gasteiger partial charge in [0, 0.05) is 6.42 Å². The van der Waals surface area contributed by atoms with Crippen LogP contribution >= 0.6 is 11.6 Å². The maximum Gasteiger partial charge on any atom is 0.296 e. The van der Waals surface area contributed by atoms with Crippen molar-refractivity contribution in [1.29, 1.82) is 0 Å². The van der Waals surface area contributed by atoms with E-state index in [1.54, 1.807) is 6.07 Å². The number of halogens is 1. The van der Waals surface area contributed by atoms with Gasteiger partial charge in [-0.1, -0.05) is 11.6 Å². The number of pyridine rings is 1. The van der Waals surface area contributed by atoms with E-state index in [1.807, 2.05) is 6.92 Å². The van der Waals surface area contributed by atoms with E-state index in [0.29, 0.717) is 29.7 Å². The molecule has 0 spiro atoms. The molecule has 0 aromatic carbocycles. The van der Waals surface area contributed by atoms with Gasteiger partial charge in [0.2, 0.25) is 0 Å². The average Bonchev–Trinajstić information content (AvgIpc) is 2.97. The fourth-order valence-electron chi connectivity index (χ4n) is 2.08. The van der Waals surface area contributed by atoms with E-state index in [4.69, 9.17) is 26.2 Å². The van der Waals surface area contributed by atoms with E-state index in [-0.39, 0.29) is 18.8 Å². The molecule has 1 aliphatic heterocycles. The lowest BCUT2D eigenvalue weighted by Gasteiger charge is -2.07. The summed E-state index contributed by atoms with van der Waals surface area (Å²) in [5, 5.41) is 9.59. The molecule has 2 N–H and O–H groups in total. The molecule has 0 aliphatic carbocycles. The molecule has 102 valence electrons. The van der Waals surface area contributed by atoms with Crippen LogP contribution in [-0.2, 0) is 4.74 Å². The van der Waals surface area contributed by atoms with E-state index in [2.05, 4.69) is 15.0 Å². The number of hydrogen-bond acceptors (Lipinski definition) is 5. The van der Waals surface area contributed by atoms with Gasteiger partial charge >= 0.3 is 0 Å². The van der Waals surface area contributed by atoms with Gasteiger partial charge in [-0.05, 0) is 13.0 Å². The number of aliphatic hydroxyl groups is 1. The Kier molecular flexibility index (Phi) is 3.30. The molecule has 1 fully saturated rings. The normalized spacial score (nSPS) is 23.1. The Hall–Kier alpha value is -1.37. The quantitative estimate of drug-likeness (QED) is 0.891. The highest BCUT2D eigenvalue weighted by molar-refractivity contribution is 6.31. The summed E-state index contributed by atoms with van der Waals surface area (Å²) in [6.07, 6.45) is 0.402. The predicted molar refractivity (Wildman–Crippen MR) is 69.5 cm³/mol. The lowest BCUT2D eigenvalue weighted by Crippen LogP contribution is -2.17. The summed E-state index contributed by atoms with van der Waals surface area (Å²) >= 11 is 6.01. The minimum atomic E-state index is -0.149. The Morgan fingerprint density at radius 1 is 1.58 bits per heavy atom. The first-order valence-corrected chi connectivity index (χ1v) is 6.45. The number of nitrogens with one attached hydrogen (secondary N) is 1.